The number of para-hydroxylation sites is 2. The van der Waals surface area contributed by atoms with Gasteiger partial charge in [-0.3, -0.25) is 9.36 Å². The third-order valence-corrected chi connectivity index (χ3v) is 9.30. The molecule has 0 spiro atoms. The lowest BCUT2D eigenvalue weighted by molar-refractivity contribution is -0.183. The zero-order valence-electron chi connectivity index (χ0n) is 33.5. The highest BCUT2D eigenvalue weighted by Crippen LogP contribution is 2.26. The molecular formula is C45H54N4O7. The minimum atomic E-state index is -1.14. The first-order valence-corrected chi connectivity index (χ1v) is 19.0. The quantitative estimate of drug-likeness (QED) is 0.0976. The zero-order valence-corrected chi connectivity index (χ0v) is 33.5. The van der Waals surface area contributed by atoms with Crippen molar-refractivity contribution < 1.29 is 33.6 Å². The van der Waals surface area contributed by atoms with Crippen LogP contribution in [0.15, 0.2) is 109 Å². The van der Waals surface area contributed by atoms with Crippen molar-refractivity contribution in [3.05, 3.63) is 132 Å². The molecule has 0 saturated carbocycles. The molecule has 6 rings (SSSR count). The first-order chi connectivity index (χ1) is 26.7. The molecule has 0 amide bonds. The molecule has 2 aromatic heterocycles. The molecule has 296 valence electrons. The highest BCUT2D eigenvalue weighted by atomic mass is 16.6. The van der Waals surface area contributed by atoms with Gasteiger partial charge in [-0.25, -0.2) is 9.59 Å². The van der Waals surface area contributed by atoms with E-state index in [1.807, 2.05) is 94.3 Å². The Hall–Kier alpha value is -5.36. The molecule has 1 N–H and O–H groups in total. The van der Waals surface area contributed by atoms with Crippen LogP contribution in [0.4, 0.5) is 0 Å². The van der Waals surface area contributed by atoms with Crippen LogP contribution < -0.4 is 0 Å². The van der Waals surface area contributed by atoms with Gasteiger partial charge in [-0.05, 0) is 71.7 Å². The van der Waals surface area contributed by atoms with Crippen molar-refractivity contribution in [3.8, 4) is 0 Å². The molecule has 11 heteroatoms. The van der Waals surface area contributed by atoms with Gasteiger partial charge in [0.05, 0.1) is 55.3 Å². The average molecular weight is 763 g/mol. The van der Waals surface area contributed by atoms with Gasteiger partial charge in [0.2, 0.25) is 0 Å². The second-order valence-corrected chi connectivity index (χ2v) is 15.2. The molecular weight excluding hydrogens is 709 g/mol. The lowest BCUT2D eigenvalue weighted by atomic mass is 10.0. The van der Waals surface area contributed by atoms with Crippen molar-refractivity contribution in [2.45, 2.75) is 98.0 Å². The summed E-state index contributed by atoms with van der Waals surface area (Å²) in [6, 6.07) is 36.4. The number of aliphatic hydroxyl groups excluding tert-OH is 1. The van der Waals surface area contributed by atoms with E-state index in [9.17, 15) is 9.59 Å². The number of nitrogens with zero attached hydrogens (tertiary/aromatic N) is 4. The summed E-state index contributed by atoms with van der Waals surface area (Å²) in [5.41, 5.74) is 3.08. The van der Waals surface area contributed by atoms with Crippen molar-refractivity contribution in [2.75, 3.05) is 13.2 Å². The number of fused-ring (bicyclic) bond motifs is 2. The van der Waals surface area contributed by atoms with Gasteiger partial charge < -0.3 is 24.1 Å². The van der Waals surface area contributed by atoms with Gasteiger partial charge >= 0.3 is 11.9 Å². The van der Waals surface area contributed by atoms with E-state index in [0.29, 0.717) is 26.1 Å². The van der Waals surface area contributed by atoms with Gasteiger partial charge in [-0.15, -0.1) is 0 Å². The number of aromatic nitrogens is 4. The van der Waals surface area contributed by atoms with Crippen molar-refractivity contribution in [1.29, 1.82) is 0 Å². The Morgan fingerprint density at radius 3 is 1.45 bits per heavy atom. The van der Waals surface area contributed by atoms with E-state index in [0.717, 1.165) is 38.8 Å². The molecule has 0 unspecified atom stereocenters. The van der Waals surface area contributed by atoms with Crippen molar-refractivity contribution >= 4 is 33.7 Å². The minimum absolute atomic E-state index is 0.0492. The molecule has 0 atom stereocenters. The number of ether oxygens (including phenoxy) is 4. The zero-order chi connectivity index (χ0) is 40.3. The molecule has 0 aliphatic heterocycles. The molecule has 56 heavy (non-hydrogen) atoms. The molecule has 0 fully saturated rings. The first-order valence-electron chi connectivity index (χ1n) is 19.0. The number of carbonyl (C=O) groups excluding carboxylic acids is 2. The lowest BCUT2D eigenvalue weighted by Gasteiger charge is -2.30. The molecule has 0 aliphatic carbocycles. The van der Waals surface area contributed by atoms with Crippen LogP contribution in [0, 0.1) is 0 Å². The number of benzene rings is 4. The summed E-state index contributed by atoms with van der Waals surface area (Å²) >= 11 is 0. The number of hydrogen-bond donors (Lipinski definition) is 1. The predicted molar refractivity (Wildman–Crippen MR) is 217 cm³/mol. The Balaban J connectivity index is 0.000000216. The fourth-order valence-corrected chi connectivity index (χ4v) is 5.97. The number of rotatable bonds is 16. The largest absolute Gasteiger partial charge is 0.464 e. The number of hydrogen-bond acceptors (Lipinski definition) is 9. The number of esters is 2. The second-order valence-electron chi connectivity index (χ2n) is 15.2. The van der Waals surface area contributed by atoms with Crippen LogP contribution in [0.2, 0.25) is 0 Å². The van der Waals surface area contributed by atoms with Crippen molar-refractivity contribution in [3.63, 3.8) is 0 Å². The van der Waals surface area contributed by atoms with Gasteiger partial charge in [0.1, 0.15) is 5.60 Å². The molecule has 2 heterocycles. The summed E-state index contributed by atoms with van der Waals surface area (Å²) in [7, 11) is 0. The summed E-state index contributed by atoms with van der Waals surface area (Å²) in [4.78, 5) is 24.7. The SMILES string of the molecule is CC(C)(CCO)OC(=O)C(C)(C)OCc1nn(Cc2ccccc2)c2ccccc12.CCOC(=O)C(C)(C)OCc1nn(Cc2ccccc2)c2ccccc12. The summed E-state index contributed by atoms with van der Waals surface area (Å²) in [6.45, 7) is 14.2. The molecule has 11 nitrogen and oxygen atoms in total. The Morgan fingerprint density at radius 2 is 1.02 bits per heavy atom. The van der Waals surface area contributed by atoms with Gasteiger partial charge in [0.25, 0.3) is 0 Å². The van der Waals surface area contributed by atoms with Crippen LogP contribution >= 0.6 is 0 Å². The van der Waals surface area contributed by atoms with Gasteiger partial charge in [0, 0.05) is 23.8 Å². The Labute approximate surface area is 329 Å². The van der Waals surface area contributed by atoms with Gasteiger partial charge in [-0.1, -0.05) is 97.1 Å². The maximum absolute atomic E-state index is 12.6. The minimum Gasteiger partial charge on any atom is -0.464 e. The smallest absolute Gasteiger partial charge is 0.338 e. The molecule has 0 radical (unpaired) electrons. The third-order valence-electron chi connectivity index (χ3n) is 9.30. The fraction of sp³-hybridized carbons (Fsp3) is 0.378. The molecule has 6 aromatic rings. The topological polar surface area (TPSA) is 127 Å². The summed E-state index contributed by atoms with van der Waals surface area (Å²) in [5, 5.41) is 20.7. The van der Waals surface area contributed by atoms with Crippen LogP contribution in [-0.2, 0) is 54.8 Å². The Bertz CT molecular complexity index is 2190. The maximum Gasteiger partial charge on any atom is 0.338 e. The van der Waals surface area contributed by atoms with Crippen LogP contribution in [0.1, 0.15) is 77.4 Å². The van der Waals surface area contributed by atoms with Crippen LogP contribution in [0.5, 0.6) is 0 Å². The van der Waals surface area contributed by atoms with E-state index in [2.05, 4.69) is 24.3 Å². The van der Waals surface area contributed by atoms with E-state index >= 15 is 0 Å². The van der Waals surface area contributed by atoms with Crippen LogP contribution in [0.3, 0.4) is 0 Å². The standard InChI is InChI=1S/C24H30N2O4.C21H24N2O3/c1-23(2,14-15-27)30-22(28)24(3,4)29-17-20-19-12-8-9-13-21(19)26(25-20)16-18-10-6-5-7-11-18;1-4-25-20(24)21(2,3)26-15-18-17-12-8-9-13-19(17)23(22-18)14-16-10-6-5-7-11-16/h5-13,27H,14-17H2,1-4H3;5-13H,4,14-15H2,1-3H3. The van der Waals surface area contributed by atoms with E-state index in [1.54, 1.807) is 48.5 Å². The Morgan fingerprint density at radius 1 is 0.607 bits per heavy atom. The second kappa shape index (κ2) is 18.5. The van der Waals surface area contributed by atoms with E-state index in [1.165, 1.54) is 5.56 Å². The number of carbonyl (C=O) groups is 2. The highest BCUT2D eigenvalue weighted by Gasteiger charge is 2.35. The summed E-state index contributed by atoms with van der Waals surface area (Å²) in [6.07, 6.45) is 0.364. The van der Waals surface area contributed by atoms with Gasteiger partial charge in [0.15, 0.2) is 11.2 Å². The molecule has 0 saturated heterocycles. The van der Waals surface area contributed by atoms with Crippen molar-refractivity contribution in [1.82, 2.24) is 19.6 Å². The number of aliphatic hydroxyl groups is 1. The van der Waals surface area contributed by atoms with Crippen molar-refractivity contribution in [2.24, 2.45) is 0 Å². The van der Waals surface area contributed by atoms with Gasteiger partial charge in [-0.2, -0.15) is 10.2 Å². The van der Waals surface area contributed by atoms with E-state index < -0.39 is 22.8 Å². The lowest BCUT2D eigenvalue weighted by Crippen LogP contribution is -2.42. The van der Waals surface area contributed by atoms with E-state index in [4.69, 9.17) is 34.3 Å². The van der Waals surface area contributed by atoms with Crippen LogP contribution in [0.25, 0.3) is 21.8 Å². The monoisotopic (exact) mass is 762 g/mol. The van der Waals surface area contributed by atoms with E-state index in [-0.39, 0.29) is 25.8 Å². The Kier molecular flexibility index (Phi) is 13.8. The highest BCUT2D eigenvalue weighted by molar-refractivity contribution is 5.83. The van der Waals surface area contributed by atoms with Crippen LogP contribution in [-0.4, -0.2) is 66.6 Å². The normalized spacial score (nSPS) is 12.0. The fourth-order valence-electron chi connectivity index (χ4n) is 5.97. The summed E-state index contributed by atoms with van der Waals surface area (Å²) < 4.78 is 26.4. The molecule has 0 aliphatic rings. The predicted octanol–water partition coefficient (Wildman–Crippen LogP) is 8.03. The average Bonchev–Trinajstić information content (AvgIpc) is 3.71. The summed E-state index contributed by atoms with van der Waals surface area (Å²) in [5.74, 6) is -0.831. The molecule has 0 bridgehead atoms. The first kappa shape index (κ1) is 41.8. The third kappa shape index (κ3) is 10.9. The molecule has 4 aromatic carbocycles. The maximum atomic E-state index is 12.6.